The van der Waals surface area contributed by atoms with Gasteiger partial charge in [-0.15, -0.1) is 0 Å². The molecule has 0 radical (unpaired) electrons. The number of hydrogen-bond acceptors (Lipinski definition) is 2. The Bertz CT molecular complexity index is 1670. The number of nitrogens with zero attached hydrogens (tertiary/aromatic N) is 2. The van der Waals surface area contributed by atoms with Gasteiger partial charge < -0.3 is 4.42 Å². The van der Waals surface area contributed by atoms with Crippen LogP contribution in [0.3, 0.4) is 0 Å². The Hall–Kier alpha value is -3.46. The largest absolute Gasteiger partial charge is 0.437 e. The minimum Gasteiger partial charge on any atom is -0.437 e. The van der Waals surface area contributed by atoms with E-state index in [2.05, 4.69) is 48.4 Å². The Morgan fingerprint density at radius 1 is 0.903 bits per heavy atom. The van der Waals surface area contributed by atoms with Crippen LogP contribution < -0.4 is 4.57 Å². The van der Waals surface area contributed by atoms with E-state index in [1.807, 2.05) is 36.7 Å². The van der Waals surface area contributed by atoms with Gasteiger partial charge in [0, 0.05) is 37.7 Å². The lowest BCUT2D eigenvalue weighted by Crippen LogP contribution is -2.31. The number of rotatable bonds is 3. The third-order valence-electron chi connectivity index (χ3n) is 5.75. The summed E-state index contributed by atoms with van der Waals surface area (Å²) < 4.78 is 63.5. The normalized spacial score (nSPS) is 16.2. The maximum Gasteiger partial charge on any atom is 0.227 e. The SMILES string of the molecule is [2H]C([2H])([2H])C([2H])(c1ccc2c(n1)oc1c(-c3ccc(-c4ccc(C)cc4)c[n+]3C)c(C)ccc12)C([2H])([2H])[2H]. The average molecular weight is 415 g/mol. The smallest absolute Gasteiger partial charge is 0.227 e. The topological polar surface area (TPSA) is 29.9 Å². The quantitative estimate of drug-likeness (QED) is 0.301. The van der Waals surface area contributed by atoms with Gasteiger partial charge in [-0.2, -0.15) is 0 Å². The molecule has 5 aromatic rings. The first kappa shape index (κ1) is 13.1. The van der Waals surface area contributed by atoms with Crippen molar-refractivity contribution >= 4 is 22.1 Å². The average Bonchev–Trinajstić information content (AvgIpc) is 3.20. The van der Waals surface area contributed by atoms with Crippen LogP contribution in [0.15, 0.2) is 71.3 Å². The summed E-state index contributed by atoms with van der Waals surface area (Å²) in [5, 5.41) is 1.38. The highest BCUT2D eigenvalue weighted by Crippen LogP contribution is 2.37. The zero-order valence-corrected chi connectivity index (χ0v) is 17.7. The van der Waals surface area contributed by atoms with Crippen molar-refractivity contribution in [1.29, 1.82) is 0 Å². The third-order valence-corrected chi connectivity index (χ3v) is 5.75. The summed E-state index contributed by atoms with van der Waals surface area (Å²) in [5.74, 6) is -2.90. The van der Waals surface area contributed by atoms with Gasteiger partial charge in [0.2, 0.25) is 11.4 Å². The minimum absolute atomic E-state index is 0.0911. The number of aromatic nitrogens is 2. The Balaban J connectivity index is 1.69. The van der Waals surface area contributed by atoms with E-state index >= 15 is 0 Å². The summed E-state index contributed by atoms with van der Waals surface area (Å²) in [7, 11) is 1.96. The summed E-state index contributed by atoms with van der Waals surface area (Å²) in [6, 6.07) is 19.2. The molecule has 31 heavy (non-hydrogen) atoms. The summed E-state index contributed by atoms with van der Waals surface area (Å²) in [4.78, 5) is 4.28. The second kappa shape index (κ2) is 7.35. The van der Waals surface area contributed by atoms with Crippen molar-refractivity contribution in [3.05, 3.63) is 83.7 Å². The predicted octanol–water partition coefficient (Wildman–Crippen LogP) is 6.88. The van der Waals surface area contributed by atoms with Crippen molar-refractivity contribution in [1.82, 2.24) is 4.98 Å². The predicted molar refractivity (Wildman–Crippen MR) is 127 cm³/mol. The molecule has 0 bridgehead atoms. The highest BCUT2D eigenvalue weighted by atomic mass is 16.3. The van der Waals surface area contributed by atoms with Crippen LogP contribution in [0.4, 0.5) is 0 Å². The molecule has 0 N–H and O–H groups in total. The molecule has 0 spiro atoms. The van der Waals surface area contributed by atoms with E-state index in [-0.39, 0.29) is 11.4 Å². The van der Waals surface area contributed by atoms with Gasteiger partial charge >= 0.3 is 0 Å². The van der Waals surface area contributed by atoms with Crippen LogP contribution in [0.2, 0.25) is 0 Å². The van der Waals surface area contributed by atoms with Crippen LogP contribution in [0.1, 0.15) is 46.0 Å². The Morgan fingerprint density at radius 3 is 2.39 bits per heavy atom. The fraction of sp³-hybridized carbons (Fsp3) is 0.214. The Morgan fingerprint density at radius 2 is 1.65 bits per heavy atom. The molecule has 0 saturated heterocycles. The van der Waals surface area contributed by atoms with Crippen molar-refractivity contribution in [3.63, 3.8) is 0 Å². The molecule has 5 rings (SSSR count). The molecule has 3 nitrogen and oxygen atoms in total. The zero-order chi connectivity index (χ0) is 27.6. The molecule has 0 saturated carbocycles. The van der Waals surface area contributed by atoms with Gasteiger partial charge in [0.1, 0.15) is 7.05 Å². The van der Waals surface area contributed by atoms with Gasteiger partial charge in [0.15, 0.2) is 11.8 Å². The molecule has 0 aliphatic rings. The van der Waals surface area contributed by atoms with Crippen molar-refractivity contribution < 1.29 is 18.6 Å². The molecular weight excluding hydrogens is 380 g/mol. The van der Waals surface area contributed by atoms with E-state index in [1.54, 1.807) is 6.07 Å². The van der Waals surface area contributed by atoms with Crippen LogP contribution >= 0.6 is 0 Å². The molecule has 3 heterocycles. The van der Waals surface area contributed by atoms with Crippen molar-refractivity contribution in [2.45, 2.75) is 33.4 Å². The fourth-order valence-electron chi connectivity index (χ4n) is 4.06. The van der Waals surface area contributed by atoms with Gasteiger partial charge in [-0.1, -0.05) is 55.7 Å². The summed E-state index contributed by atoms with van der Waals surface area (Å²) in [6.07, 6.45) is 2.05. The van der Waals surface area contributed by atoms with Crippen molar-refractivity contribution in [3.8, 4) is 22.4 Å². The first-order valence-corrected chi connectivity index (χ1v) is 10.1. The Kier molecular flexibility index (Phi) is 3.10. The number of furan rings is 1. The first-order valence-electron chi connectivity index (χ1n) is 13.6. The van der Waals surface area contributed by atoms with Gasteiger partial charge in [0.25, 0.3) is 0 Å². The summed E-state index contributed by atoms with van der Waals surface area (Å²) >= 11 is 0. The highest BCUT2D eigenvalue weighted by molar-refractivity contribution is 6.08. The van der Waals surface area contributed by atoms with E-state index in [0.29, 0.717) is 11.0 Å². The second-order valence-electron chi connectivity index (χ2n) is 7.94. The summed E-state index contributed by atoms with van der Waals surface area (Å²) in [5.41, 5.74) is 6.36. The molecule has 3 aromatic heterocycles. The molecule has 0 aliphatic heterocycles. The lowest BCUT2D eigenvalue weighted by molar-refractivity contribution is -0.659. The molecule has 0 aliphatic carbocycles. The van der Waals surface area contributed by atoms with Gasteiger partial charge in [-0.05, 0) is 49.1 Å². The van der Waals surface area contributed by atoms with Crippen molar-refractivity contribution in [2.75, 3.05) is 0 Å². The van der Waals surface area contributed by atoms with Gasteiger partial charge in [-0.3, -0.25) is 0 Å². The van der Waals surface area contributed by atoms with Crippen molar-refractivity contribution in [2.24, 2.45) is 7.05 Å². The lowest BCUT2D eigenvalue weighted by Gasteiger charge is -2.07. The Labute approximate surface area is 192 Å². The number of benzene rings is 2. The standard InChI is InChI=1S/C28H27N2O/c1-17(2)24-14-13-23-22-12-8-19(4)26(27(22)31-28(23)29-24)25-15-11-21(16-30(25)5)20-9-6-18(3)7-10-20/h6-17H,1-5H3/q+1/i1D3,2D3,17D. The lowest BCUT2D eigenvalue weighted by atomic mass is 9.99. The molecule has 0 unspecified atom stereocenters. The minimum atomic E-state index is -3.13. The number of aryl methyl sites for hydroxylation is 3. The zero-order valence-electron chi connectivity index (χ0n) is 24.7. The maximum atomic E-state index is 8.48. The van der Waals surface area contributed by atoms with E-state index < -0.39 is 19.6 Å². The van der Waals surface area contributed by atoms with Crippen LogP contribution in [0, 0.1) is 13.8 Å². The maximum absolute atomic E-state index is 8.48. The summed E-state index contributed by atoms with van der Waals surface area (Å²) in [6.45, 7) is -2.22. The molecule has 2 aromatic carbocycles. The van der Waals surface area contributed by atoms with E-state index in [4.69, 9.17) is 14.0 Å². The number of fused-ring (bicyclic) bond motifs is 3. The van der Waals surface area contributed by atoms with Gasteiger partial charge in [-0.25, -0.2) is 9.55 Å². The first-order chi connectivity index (χ1) is 17.7. The van der Waals surface area contributed by atoms with E-state index in [9.17, 15) is 0 Å². The van der Waals surface area contributed by atoms with Crippen LogP contribution in [-0.2, 0) is 7.05 Å². The molecule has 0 atom stereocenters. The van der Waals surface area contributed by atoms with Crippen LogP contribution in [0.5, 0.6) is 0 Å². The monoisotopic (exact) mass is 414 g/mol. The fourth-order valence-corrected chi connectivity index (χ4v) is 4.06. The second-order valence-corrected chi connectivity index (χ2v) is 7.94. The van der Waals surface area contributed by atoms with Gasteiger partial charge in [0.05, 0.1) is 5.56 Å². The van der Waals surface area contributed by atoms with Crippen LogP contribution in [0.25, 0.3) is 44.5 Å². The molecular formula is C28H27N2O+. The molecule has 3 heteroatoms. The number of pyridine rings is 2. The van der Waals surface area contributed by atoms with E-state index in [1.165, 1.54) is 11.6 Å². The molecule has 154 valence electrons. The van der Waals surface area contributed by atoms with Crippen LogP contribution in [-0.4, -0.2) is 4.98 Å². The number of hydrogen-bond donors (Lipinski definition) is 0. The molecule has 0 fully saturated rings. The third kappa shape index (κ3) is 3.31. The highest BCUT2D eigenvalue weighted by Gasteiger charge is 2.21. The molecule has 0 amide bonds. The van der Waals surface area contributed by atoms with E-state index in [0.717, 1.165) is 33.3 Å².